The zero-order chi connectivity index (χ0) is 23.4. The molecule has 0 aliphatic carbocycles. The zero-order valence-electron chi connectivity index (χ0n) is 18.3. The molecule has 1 aliphatic rings. The highest BCUT2D eigenvalue weighted by Gasteiger charge is 2.24. The van der Waals surface area contributed by atoms with Gasteiger partial charge in [-0.3, -0.25) is 14.3 Å². The maximum Gasteiger partial charge on any atom is 0.341 e. The van der Waals surface area contributed by atoms with E-state index in [1.54, 1.807) is 4.57 Å². The Labute approximate surface area is 190 Å². The van der Waals surface area contributed by atoms with E-state index in [9.17, 15) is 19.5 Å². The number of benzene rings is 1. The molecule has 0 saturated heterocycles. The third-order valence-electron chi connectivity index (χ3n) is 5.93. The van der Waals surface area contributed by atoms with Crippen LogP contribution in [0.25, 0.3) is 22.3 Å². The molecule has 0 radical (unpaired) electrons. The summed E-state index contributed by atoms with van der Waals surface area (Å²) in [5.74, 6) is -1.28. The van der Waals surface area contributed by atoms with Crippen LogP contribution in [0.1, 0.15) is 55.3 Å². The van der Waals surface area contributed by atoms with Gasteiger partial charge in [0.05, 0.1) is 24.5 Å². The summed E-state index contributed by atoms with van der Waals surface area (Å²) in [4.78, 5) is 34.2. The van der Waals surface area contributed by atoms with E-state index in [4.69, 9.17) is 14.9 Å². The number of carboxylic acid groups (broad SMARTS) is 2. The summed E-state index contributed by atoms with van der Waals surface area (Å²) in [5, 5.41) is 23.5. The maximum absolute atomic E-state index is 12.3. The quantitative estimate of drug-likeness (QED) is 0.424. The van der Waals surface area contributed by atoms with Crippen molar-refractivity contribution in [2.45, 2.75) is 58.0 Å². The van der Waals surface area contributed by atoms with Crippen molar-refractivity contribution in [1.29, 1.82) is 0 Å². The smallest absolute Gasteiger partial charge is 0.341 e. The molecule has 1 aliphatic heterocycles. The number of unbranched alkanes of at least 4 members (excludes halogenated alkanes) is 5. The van der Waals surface area contributed by atoms with Crippen LogP contribution in [0.3, 0.4) is 0 Å². The Kier molecular flexibility index (Phi) is 6.76. The Morgan fingerprint density at radius 1 is 1.03 bits per heavy atom. The van der Waals surface area contributed by atoms with Gasteiger partial charge in [0.25, 0.3) is 0 Å². The molecule has 0 bridgehead atoms. The first-order valence-corrected chi connectivity index (χ1v) is 11.3. The summed E-state index contributed by atoms with van der Waals surface area (Å²) in [7, 11) is 0. The molecule has 0 unspecified atom stereocenters. The van der Waals surface area contributed by atoms with Crippen LogP contribution in [0.4, 0.5) is 0 Å². The van der Waals surface area contributed by atoms with Crippen molar-refractivity contribution in [2.75, 3.05) is 6.61 Å². The summed E-state index contributed by atoms with van der Waals surface area (Å²) in [6, 6.07) is 7.09. The lowest BCUT2D eigenvalue weighted by Gasteiger charge is -2.21. The summed E-state index contributed by atoms with van der Waals surface area (Å²) >= 11 is 0. The van der Waals surface area contributed by atoms with E-state index in [0.29, 0.717) is 31.1 Å². The van der Waals surface area contributed by atoms with Gasteiger partial charge in [0.1, 0.15) is 16.8 Å². The number of ether oxygens (including phenoxy) is 1. The first kappa shape index (κ1) is 22.6. The molecule has 0 spiro atoms. The monoisotopic (exact) mass is 453 g/mol. The number of nitrogens with zero attached hydrogens (tertiary/aromatic N) is 3. The van der Waals surface area contributed by atoms with E-state index < -0.39 is 17.4 Å². The van der Waals surface area contributed by atoms with Crippen molar-refractivity contribution in [3.05, 3.63) is 46.2 Å². The molecule has 9 heteroatoms. The van der Waals surface area contributed by atoms with Gasteiger partial charge in [-0.2, -0.15) is 5.10 Å². The summed E-state index contributed by atoms with van der Waals surface area (Å²) in [5.41, 5.74) is 1.41. The van der Waals surface area contributed by atoms with Gasteiger partial charge in [-0.05, 0) is 18.9 Å². The summed E-state index contributed by atoms with van der Waals surface area (Å²) in [6.45, 7) is 1.66. The Morgan fingerprint density at radius 3 is 2.55 bits per heavy atom. The van der Waals surface area contributed by atoms with E-state index >= 15 is 0 Å². The highest BCUT2D eigenvalue weighted by Crippen LogP contribution is 2.35. The molecule has 0 amide bonds. The molecule has 33 heavy (non-hydrogen) atoms. The summed E-state index contributed by atoms with van der Waals surface area (Å²) < 4.78 is 9.67. The van der Waals surface area contributed by atoms with E-state index in [1.165, 1.54) is 12.3 Å². The lowest BCUT2D eigenvalue weighted by Crippen LogP contribution is -2.24. The fourth-order valence-corrected chi connectivity index (χ4v) is 4.27. The molecule has 4 rings (SSSR count). The average molecular weight is 453 g/mol. The Hall–Kier alpha value is -3.62. The lowest BCUT2D eigenvalue weighted by atomic mass is 10.1. The largest absolute Gasteiger partial charge is 0.491 e. The molecule has 1 aromatic carbocycles. The molecule has 3 aromatic rings. The van der Waals surface area contributed by atoms with Crippen molar-refractivity contribution >= 4 is 22.8 Å². The van der Waals surface area contributed by atoms with E-state index in [1.807, 2.05) is 22.9 Å². The minimum atomic E-state index is -1.23. The normalized spacial score (nSPS) is 12.4. The van der Waals surface area contributed by atoms with Crippen LogP contribution in [0, 0.1) is 0 Å². The number of hydrogen-bond donors (Lipinski definition) is 2. The minimum absolute atomic E-state index is 0.234. The Balaban J connectivity index is 1.43. The first-order valence-electron chi connectivity index (χ1n) is 11.3. The fraction of sp³-hybridized carbons (Fsp3) is 0.417. The van der Waals surface area contributed by atoms with Crippen LogP contribution in [-0.4, -0.2) is 43.1 Å². The standard InChI is InChI=1S/C24H27N3O6/c28-19-14-18-23-16-8-7-9-20(33-13-6-4-2-1-3-5-10-21(29)30)22(16)25-27(23)12-11-26(18)15-17(19)24(31)32/h7-9,14-15H,1-6,10-13H2,(H,29,30)(H,31,32). The van der Waals surface area contributed by atoms with Gasteiger partial charge in [-0.15, -0.1) is 0 Å². The third-order valence-corrected chi connectivity index (χ3v) is 5.93. The lowest BCUT2D eigenvalue weighted by molar-refractivity contribution is -0.137. The van der Waals surface area contributed by atoms with Gasteiger partial charge in [-0.1, -0.05) is 37.8 Å². The van der Waals surface area contributed by atoms with Crippen LogP contribution in [0.2, 0.25) is 0 Å². The van der Waals surface area contributed by atoms with Crippen molar-refractivity contribution in [1.82, 2.24) is 14.3 Å². The number of aliphatic carboxylic acids is 1. The molecular formula is C24H27N3O6. The van der Waals surface area contributed by atoms with Crippen molar-refractivity contribution in [3.63, 3.8) is 0 Å². The van der Waals surface area contributed by atoms with E-state index in [2.05, 4.69) is 0 Å². The molecule has 2 N–H and O–H groups in total. The average Bonchev–Trinajstić information content (AvgIpc) is 3.17. The number of carbonyl (C=O) groups is 2. The third kappa shape index (κ3) is 4.92. The number of aromatic carboxylic acids is 1. The second kappa shape index (κ2) is 9.89. The SMILES string of the molecule is O=C(O)CCCCCCCCOc1cccc2c3n(nc12)CCn1cc(C(=O)O)c(=O)cc1-3. The highest BCUT2D eigenvalue weighted by atomic mass is 16.5. The first-order chi connectivity index (χ1) is 16.0. The zero-order valence-corrected chi connectivity index (χ0v) is 18.3. The van der Waals surface area contributed by atoms with Gasteiger partial charge >= 0.3 is 11.9 Å². The van der Waals surface area contributed by atoms with Gasteiger partial charge in [-0.25, -0.2) is 4.79 Å². The number of rotatable bonds is 11. The fourth-order valence-electron chi connectivity index (χ4n) is 4.27. The molecule has 0 saturated carbocycles. The topological polar surface area (TPSA) is 124 Å². The van der Waals surface area contributed by atoms with Crippen LogP contribution in [0.15, 0.2) is 35.3 Å². The number of hydrogen-bond acceptors (Lipinski definition) is 5. The molecule has 0 fully saturated rings. The second-order valence-electron chi connectivity index (χ2n) is 8.27. The minimum Gasteiger partial charge on any atom is -0.491 e. The van der Waals surface area contributed by atoms with E-state index in [0.717, 1.165) is 55.1 Å². The number of carboxylic acids is 2. The molecule has 2 aromatic heterocycles. The van der Waals surface area contributed by atoms with Gasteiger partial charge in [0.2, 0.25) is 0 Å². The van der Waals surface area contributed by atoms with Crippen LogP contribution in [-0.2, 0) is 17.9 Å². The maximum atomic E-state index is 12.3. The Morgan fingerprint density at radius 2 is 1.79 bits per heavy atom. The molecular weight excluding hydrogens is 426 g/mol. The predicted molar refractivity (Wildman–Crippen MR) is 122 cm³/mol. The van der Waals surface area contributed by atoms with Crippen LogP contribution < -0.4 is 10.2 Å². The predicted octanol–water partition coefficient (Wildman–Crippen LogP) is 3.77. The van der Waals surface area contributed by atoms with Gasteiger partial charge in [0, 0.05) is 30.6 Å². The summed E-state index contributed by atoms with van der Waals surface area (Å²) in [6.07, 6.45) is 7.31. The van der Waals surface area contributed by atoms with Gasteiger partial charge in [0.15, 0.2) is 5.43 Å². The van der Waals surface area contributed by atoms with Crippen molar-refractivity contribution < 1.29 is 24.5 Å². The number of fused-ring (bicyclic) bond motifs is 5. The van der Waals surface area contributed by atoms with Gasteiger partial charge < -0.3 is 19.5 Å². The second-order valence-corrected chi connectivity index (χ2v) is 8.27. The Bertz CT molecular complexity index is 1240. The number of aromatic nitrogens is 3. The number of aryl methyl sites for hydroxylation is 2. The van der Waals surface area contributed by atoms with Crippen molar-refractivity contribution in [3.8, 4) is 17.1 Å². The van der Waals surface area contributed by atoms with Crippen molar-refractivity contribution in [2.24, 2.45) is 0 Å². The molecule has 174 valence electrons. The van der Waals surface area contributed by atoms with Crippen LogP contribution >= 0.6 is 0 Å². The molecule has 0 atom stereocenters. The molecule has 3 heterocycles. The van der Waals surface area contributed by atoms with E-state index in [-0.39, 0.29) is 12.0 Å². The number of pyridine rings is 1. The highest BCUT2D eigenvalue weighted by molar-refractivity contribution is 5.96. The van der Waals surface area contributed by atoms with Crippen LogP contribution in [0.5, 0.6) is 5.75 Å². The molecule has 9 nitrogen and oxygen atoms in total.